The highest BCUT2D eigenvalue weighted by atomic mass is 19.4. The molecule has 0 bridgehead atoms. The zero-order valence-electron chi connectivity index (χ0n) is 18.2. The number of aliphatic carboxylic acids is 1. The number of aromatic nitrogens is 2. The van der Waals surface area contributed by atoms with Crippen molar-refractivity contribution in [3.8, 4) is 22.8 Å². The molecule has 0 saturated heterocycles. The van der Waals surface area contributed by atoms with E-state index in [1.807, 2.05) is 13.8 Å². The maximum Gasteiger partial charge on any atom is 0.416 e. The molecule has 9 heteroatoms. The maximum atomic E-state index is 12.7. The molecule has 0 fully saturated rings. The van der Waals surface area contributed by atoms with Crippen LogP contribution in [0.5, 0.6) is 11.5 Å². The summed E-state index contributed by atoms with van der Waals surface area (Å²) in [7, 11) is 0. The molecule has 2 N–H and O–H groups in total. The van der Waals surface area contributed by atoms with E-state index in [-0.39, 0.29) is 6.61 Å². The lowest BCUT2D eigenvalue weighted by atomic mass is 10.1. The minimum atomic E-state index is -4.38. The van der Waals surface area contributed by atoms with Gasteiger partial charge in [-0.25, -0.2) is 4.79 Å². The van der Waals surface area contributed by atoms with E-state index in [0.29, 0.717) is 28.5 Å². The van der Waals surface area contributed by atoms with Crippen LogP contribution >= 0.6 is 0 Å². The highest BCUT2D eigenvalue weighted by Gasteiger charge is 2.30. The van der Waals surface area contributed by atoms with Gasteiger partial charge < -0.3 is 14.6 Å². The number of carbonyl (C=O) groups is 1. The lowest BCUT2D eigenvalue weighted by Gasteiger charge is -2.14. The number of ether oxygens (including phenoxy) is 2. The van der Waals surface area contributed by atoms with Crippen molar-refractivity contribution < 1.29 is 32.5 Å². The van der Waals surface area contributed by atoms with E-state index >= 15 is 0 Å². The molecule has 2 aromatic carbocycles. The number of benzene rings is 2. The fourth-order valence-electron chi connectivity index (χ4n) is 2.66. The van der Waals surface area contributed by atoms with Gasteiger partial charge in [-0.15, -0.1) is 0 Å². The van der Waals surface area contributed by atoms with Gasteiger partial charge in [-0.2, -0.15) is 18.3 Å². The van der Waals surface area contributed by atoms with Gasteiger partial charge in [0, 0.05) is 5.56 Å². The molecule has 1 aromatic heterocycles. The number of nitrogens with zero attached hydrogens (tertiary/aromatic N) is 1. The number of nitrogens with one attached hydrogen (secondary N) is 1. The van der Waals surface area contributed by atoms with Gasteiger partial charge in [0.2, 0.25) is 0 Å². The highest BCUT2D eigenvalue weighted by molar-refractivity contribution is 5.72. The third-order valence-electron chi connectivity index (χ3n) is 4.33. The first-order valence-corrected chi connectivity index (χ1v) is 9.98. The van der Waals surface area contributed by atoms with Crippen molar-refractivity contribution in [2.75, 3.05) is 0 Å². The molecule has 32 heavy (non-hydrogen) atoms. The third-order valence-corrected chi connectivity index (χ3v) is 4.33. The number of carboxylic acid groups (broad SMARTS) is 1. The number of H-pyrrole nitrogens is 1. The highest BCUT2D eigenvalue weighted by Crippen LogP contribution is 2.31. The van der Waals surface area contributed by atoms with Crippen LogP contribution in [0.3, 0.4) is 0 Å². The Morgan fingerprint density at radius 1 is 1.12 bits per heavy atom. The fraction of sp³-hybridized carbons (Fsp3) is 0.304. The van der Waals surface area contributed by atoms with Gasteiger partial charge in [0.25, 0.3) is 0 Å². The van der Waals surface area contributed by atoms with Crippen LogP contribution in [-0.4, -0.2) is 27.4 Å². The smallest absolute Gasteiger partial charge is 0.416 e. The number of hydrogen-bond donors (Lipinski definition) is 2. The second-order valence-corrected chi connectivity index (χ2v) is 6.67. The molecule has 0 aliphatic heterocycles. The van der Waals surface area contributed by atoms with E-state index in [1.54, 1.807) is 31.2 Å². The summed E-state index contributed by atoms with van der Waals surface area (Å²) >= 11 is 0. The van der Waals surface area contributed by atoms with Crippen molar-refractivity contribution in [2.45, 2.75) is 46.6 Å². The second kappa shape index (κ2) is 10.7. The summed E-state index contributed by atoms with van der Waals surface area (Å²) in [4.78, 5) is 10.9. The van der Waals surface area contributed by atoms with Gasteiger partial charge in [0.1, 0.15) is 18.1 Å². The molecule has 1 heterocycles. The largest absolute Gasteiger partial charge is 0.487 e. The van der Waals surface area contributed by atoms with E-state index < -0.39 is 23.8 Å². The van der Waals surface area contributed by atoms with E-state index in [1.165, 1.54) is 19.1 Å². The van der Waals surface area contributed by atoms with Crippen LogP contribution in [-0.2, 0) is 17.6 Å². The van der Waals surface area contributed by atoms with Gasteiger partial charge in [0.05, 0.1) is 17.0 Å². The van der Waals surface area contributed by atoms with Crippen molar-refractivity contribution in [3.63, 3.8) is 0 Å². The average molecular weight is 450 g/mol. The molecule has 172 valence electrons. The van der Waals surface area contributed by atoms with E-state index in [9.17, 15) is 18.0 Å². The van der Waals surface area contributed by atoms with Crippen LogP contribution < -0.4 is 9.47 Å². The Hall–Kier alpha value is -3.49. The number of rotatable bonds is 7. The summed E-state index contributed by atoms with van der Waals surface area (Å²) in [5.41, 5.74) is 1.70. The van der Waals surface area contributed by atoms with Crippen LogP contribution in [0.2, 0.25) is 0 Å². The SMILES string of the molecule is CC.Cc1cc(OCc2cc(-c3ccc(C(F)(F)F)cc3)n[nH]2)ccc1OC(C)C(=O)O. The minimum absolute atomic E-state index is 0.165. The molecule has 3 rings (SSSR count). The topological polar surface area (TPSA) is 84.4 Å². The molecule has 1 unspecified atom stereocenters. The molecule has 6 nitrogen and oxygen atoms in total. The number of aromatic amines is 1. The Balaban J connectivity index is 0.00000176. The van der Waals surface area contributed by atoms with Crippen LogP contribution in [0, 0.1) is 6.92 Å². The second-order valence-electron chi connectivity index (χ2n) is 6.67. The third kappa shape index (κ3) is 6.50. The number of hydrogen-bond acceptors (Lipinski definition) is 4. The van der Waals surface area contributed by atoms with Gasteiger partial charge in [-0.05, 0) is 55.8 Å². The molecular formula is C23H25F3N2O4. The van der Waals surface area contributed by atoms with E-state index in [0.717, 1.165) is 17.7 Å². The molecule has 3 aromatic rings. The molecule has 0 aliphatic carbocycles. The summed E-state index contributed by atoms with van der Waals surface area (Å²) in [6.45, 7) is 7.38. The first kappa shape index (κ1) is 24.8. The lowest BCUT2D eigenvalue weighted by molar-refractivity contribution is -0.144. The lowest BCUT2D eigenvalue weighted by Crippen LogP contribution is -2.23. The number of aryl methyl sites for hydroxylation is 1. The molecule has 0 radical (unpaired) electrons. The fourth-order valence-corrected chi connectivity index (χ4v) is 2.66. The van der Waals surface area contributed by atoms with Crippen molar-refractivity contribution in [1.29, 1.82) is 0 Å². The molecule has 1 atom stereocenters. The van der Waals surface area contributed by atoms with Gasteiger partial charge in [-0.1, -0.05) is 26.0 Å². The summed E-state index contributed by atoms with van der Waals surface area (Å²) in [5, 5.41) is 15.8. The van der Waals surface area contributed by atoms with Gasteiger partial charge in [0.15, 0.2) is 6.10 Å². The van der Waals surface area contributed by atoms with Crippen molar-refractivity contribution in [1.82, 2.24) is 10.2 Å². The predicted molar refractivity (Wildman–Crippen MR) is 114 cm³/mol. The van der Waals surface area contributed by atoms with Gasteiger partial charge >= 0.3 is 12.1 Å². The first-order chi connectivity index (χ1) is 15.1. The Morgan fingerprint density at radius 3 is 2.34 bits per heavy atom. The van der Waals surface area contributed by atoms with Gasteiger partial charge in [-0.3, -0.25) is 5.10 Å². The van der Waals surface area contributed by atoms with Crippen LogP contribution in [0.25, 0.3) is 11.3 Å². The van der Waals surface area contributed by atoms with E-state index in [2.05, 4.69) is 10.2 Å². The monoisotopic (exact) mass is 450 g/mol. The standard InChI is InChI=1S/C21H19F3N2O4.C2H6/c1-12-9-17(7-8-19(12)30-13(2)20(27)28)29-11-16-10-18(26-25-16)14-3-5-15(6-4-14)21(22,23)24;1-2/h3-10,13H,11H2,1-2H3,(H,25,26)(H,27,28);1-2H3. The molecule has 0 saturated carbocycles. The van der Waals surface area contributed by atoms with Crippen LogP contribution in [0.15, 0.2) is 48.5 Å². The molecule has 0 amide bonds. The van der Waals surface area contributed by atoms with E-state index in [4.69, 9.17) is 14.6 Å². The summed E-state index contributed by atoms with van der Waals surface area (Å²) in [6.07, 6.45) is -5.35. The van der Waals surface area contributed by atoms with Crippen molar-refractivity contribution in [3.05, 3.63) is 65.4 Å². The Kier molecular flexibility index (Phi) is 8.28. The van der Waals surface area contributed by atoms with Crippen LogP contribution in [0.1, 0.15) is 37.6 Å². The maximum absolute atomic E-state index is 12.7. The summed E-state index contributed by atoms with van der Waals surface area (Å²) < 4.78 is 49.1. The zero-order valence-corrected chi connectivity index (χ0v) is 18.2. The Labute approximate surface area is 184 Å². The van der Waals surface area contributed by atoms with Crippen molar-refractivity contribution in [2.24, 2.45) is 0 Å². The molecule has 0 spiro atoms. The zero-order chi connectivity index (χ0) is 23.9. The number of alkyl halides is 3. The number of carboxylic acids is 1. The normalized spacial score (nSPS) is 11.8. The quantitative estimate of drug-likeness (QED) is 0.471. The predicted octanol–water partition coefficient (Wildman–Crippen LogP) is 5.86. The molecular weight excluding hydrogens is 425 g/mol. The first-order valence-electron chi connectivity index (χ1n) is 9.98. The summed E-state index contributed by atoms with van der Waals surface area (Å²) in [6, 6.07) is 11.5. The number of halogens is 3. The molecule has 0 aliphatic rings. The minimum Gasteiger partial charge on any atom is -0.487 e. The Morgan fingerprint density at radius 2 is 1.78 bits per heavy atom. The summed E-state index contributed by atoms with van der Waals surface area (Å²) in [5.74, 6) is -0.0605. The van der Waals surface area contributed by atoms with Crippen LogP contribution in [0.4, 0.5) is 13.2 Å². The average Bonchev–Trinajstić information content (AvgIpc) is 3.24. The Bertz CT molecular complexity index is 1030. The van der Waals surface area contributed by atoms with Crippen molar-refractivity contribution >= 4 is 5.97 Å².